The molecule has 0 aliphatic carbocycles. The fraction of sp³-hybridized carbons (Fsp3) is 0.381. The lowest BCUT2D eigenvalue weighted by Crippen LogP contribution is -2.25. The predicted molar refractivity (Wildman–Crippen MR) is 121 cm³/mol. The minimum absolute atomic E-state index is 0.0741. The molecule has 1 aromatic carbocycles. The van der Waals surface area contributed by atoms with Gasteiger partial charge < -0.3 is 24.3 Å². The molecule has 1 heterocycles. The summed E-state index contributed by atoms with van der Waals surface area (Å²) >= 11 is 12.5. The lowest BCUT2D eigenvalue weighted by molar-refractivity contribution is -0.147. The second-order valence-corrected chi connectivity index (χ2v) is 7.37. The monoisotopic (exact) mass is 485 g/mol. The summed E-state index contributed by atoms with van der Waals surface area (Å²) in [5.41, 5.74) is 1.36. The molecule has 2 rings (SSSR count). The molecule has 2 aromatic rings. The van der Waals surface area contributed by atoms with Gasteiger partial charge in [-0.25, -0.2) is 14.3 Å². The lowest BCUT2D eigenvalue weighted by Gasteiger charge is -2.16. The maximum absolute atomic E-state index is 11.7. The number of methoxy groups -OCH3 is 1. The molecular formula is C21H25Cl2N3O6. The quantitative estimate of drug-likeness (QED) is 0.520. The van der Waals surface area contributed by atoms with Crippen molar-refractivity contribution in [3.8, 4) is 17.4 Å². The Kier molecular flexibility index (Phi) is 9.22. The molecule has 32 heavy (non-hydrogen) atoms. The molecule has 0 spiro atoms. The highest BCUT2D eigenvalue weighted by Gasteiger charge is 2.20. The van der Waals surface area contributed by atoms with Gasteiger partial charge in [-0.2, -0.15) is 5.10 Å². The van der Waals surface area contributed by atoms with Crippen LogP contribution in [0.4, 0.5) is 4.79 Å². The fourth-order valence-electron chi connectivity index (χ4n) is 2.64. The van der Waals surface area contributed by atoms with Crippen LogP contribution in [-0.4, -0.2) is 48.2 Å². The molecule has 0 aliphatic heterocycles. The maximum atomic E-state index is 11.7. The summed E-state index contributed by atoms with van der Waals surface area (Å²) in [4.78, 5) is 23.1. The van der Waals surface area contributed by atoms with Gasteiger partial charge in [-0.15, -0.1) is 0 Å². The first-order chi connectivity index (χ1) is 15.2. The van der Waals surface area contributed by atoms with Gasteiger partial charge >= 0.3 is 12.1 Å². The zero-order valence-corrected chi connectivity index (χ0v) is 19.9. The van der Waals surface area contributed by atoms with Gasteiger partial charge in [-0.1, -0.05) is 23.2 Å². The van der Waals surface area contributed by atoms with Crippen molar-refractivity contribution in [1.29, 1.82) is 0 Å². The summed E-state index contributed by atoms with van der Waals surface area (Å²) in [5.74, 6) is 0.297. The number of nitrogens with one attached hydrogen (secondary N) is 1. The number of benzene rings is 1. The van der Waals surface area contributed by atoms with Gasteiger partial charge in [-0.3, -0.25) is 0 Å². The van der Waals surface area contributed by atoms with E-state index in [1.54, 1.807) is 30.8 Å². The third-order valence-corrected chi connectivity index (χ3v) is 4.75. The zero-order valence-electron chi connectivity index (χ0n) is 18.4. The van der Waals surface area contributed by atoms with Crippen LogP contribution < -0.4 is 14.8 Å². The molecule has 0 radical (unpaired) electrons. The number of carbonyl (C=O) groups is 2. The summed E-state index contributed by atoms with van der Waals surface area (Å²) in [7, 11) is 2.98. The first-order valence-corrected chi connectivity index (χ1v) is 10.5. The smallest absolute Gasteiger partial charge is 0.407 e. The van der Waals surface area contributed by atoms with Gasteiger partial charge in [0.05, 0.1) is 28.4 Å². The van der Waals surface area contributed by atoms with Crippen molar-refractivity contribution < 1.29 is 28.5 Å². The van der Waals surface area contributed by atoms with E-state index in [0.29, 0.717) is 23.7 Å². The van der Waals surface area contributed by atoms with Crippen LogP contribution in [0.1, 0.15) is 25.1 Å². The Balaban J connectivity index is 2.26. The average molecular weight is 486 g/mol. The number of hydrogen-bond acceptors (Lipinski definition) is 7. The van der Waals surface area contributed by atoms with Gasteiger partial charge in [0, 0.05) is 19.7 Å². The van der Waals surface area contributed by atoms with Crippen molar-refractivity contribution in [1.82, 2.24) is 15.1 Å². The van der Waals surface area contributed by atoms with E-state index in [4.69, 9.17) is 37.4 Å². The molecule has 9 nitrogen and oxygen atoms in total. The van der Waals surface area contributed by atoms with Crippen molar-refractivity contribution in [2.75, 3.05) is 20.3 Å². The number of aromatic nitrogens is 2. The van der Waals surface area contributed by atoms with Crippen LogP contribution in [0.3, 0.4) is 0 Å². The van der Waals surface area contributed by atoms with E-state index in [-0.39, 0.29) is 28.2 Å². The van der Waals surface area contributed by atoms with E-state index in [0.717, 1.165) is 0 Å². The largest absolute Gasteiger partial charge is 0.477 e. The Morgan fingerprint density at radius 1 is 1.25 bits per heavy atom. The van der Waals surface area contributed by atoms with Gasteiger partial charge in [0.1, 0.15) is 12.4 Å². The Bertz CT molecular complexity index is 1010. The van der Waals surface area contributed by atoms with Crippen LogP contribution in [0.2, 0.25) is 10.0 Å². The van der Waals surface area contributed by atoms with Crippen LogP contribution in [0.5, 0.6) is 17.4 Å². The summed E-state index contributed by atoms with van der Waals surface area (Å²) in [6.07, 6.45) is 2.02. The zero-order chi connectivity index (χ0) is 23.8. The number of halogens is 2. The molecule has 0 bridgehead atoms. The number of esters is 1. The highest BCUT2D eigenvalue weighted by molar-refractivity contribution is 6.36. The fourth-order valence-corrected chi connectivity index (χ4v) is 3.11. The highest BCUT2D eigenvalue weighted by Crippen LogP contribution is 2.39. The van der Waals surface area contributed by atoms with Gasteiger partial charge in [0.2, 0.25) is 5.88 Å². The lowest BCUT2D eigenvalue weighted by atomic mass is 10.2. The number of ether oxygens (including phenoxy) is 4. The van der Waals surface area contributed by atoms with E-state index in [2.05, 4.69) is 15.2 Å². The minimum Gasteiger partial charge on any atom is -0.477 e. The number of hydrogen-bond donors (Lipinski definition) is 1. The van der Waals surface area contributed by atoms with E-state index < -0.39 is 18.2 Å². The minimum atomic E-state index is -0.881. The van der Waals surface area contributed by atoms with E-state index in [1.807, 2.05) is 6.92 Å². The van der Waals surface area contributed by atoms with E-state index in [9.17, 15) is 9.59 Å². The molecule has 0 unspecified atom stereocenters. The summed E-state index contributed by atoms with van der Waals surface area (Å²) in [6, 6.07) is 2.94. The molecule has 0 aliphatic rings. The number of carbonyl (C=O) groups excluding carboxylic acids is 2. The molecular weight excluding hydrogens is 461 g/mol. The third-order valence-electron chi connectivity index (χ3n) is 4.16. The topological polar surface area (TPSA) is 101 Å². The third kappa shape index (κ3) is 6.54. The van der Waals surface area contributed by atoms with Gasteiger partial charge in [0.15, 0.2) is 11.9 Å². The van der Waals surface area contributed by atoms with Gasteiger partial charge in [0.25, 0.3) is 0 Å². The second-order valence-electron chi connectivity index (χ2n) is 6.56. The summed E-state index contributed by atoms with van der Waals surface area (Å²) in [6.45, 7) is 5.70. The molecule has 1 aromatic heterocycles. The Morgan fingerprint density at radius 2 is 1.94 bits per heavy atom. The Hall–Kier alpha value is -2.91. The van der Waals surface area contributed by atoms with E-state index in [1.165, 1.54) is 26.2 Å². The van der Waals surface area contributed by atoms with Crippen LogP contribution in [0.25, 0.3) is 6.08 Å². The van der Waals surface area contributed by atoms with Gasteiger partial charge in [-0.05, 0) is 39.0 Å². The van der Waals surface area contributed by atoms with Crippen molar-refractivity contribution in [2.45, 2.75) is 26.9 Å². The number of nitrogens with zero attached hydrogens (tertiary/aromatic N) is 2. The predicted octanol–water partition coefficient (Wildman–Crippen LogP) is 4.53. The van der Waals surface area contributed by atoms with Crippen LogP contribution in [-0.2, 0) is 21.3 Å². The Morgan fingerprint density at radius 3 is 2.59 bits per heavy atom. The van der Waals surface area contributed by atoms with Crippen molar-refractivity contribution in [3.63, 3.8) is 0 Å². The molecule has 1 amide bonds. The number of rotatable bonds is 9. The summed E-state index contributed by atoms with van der Waals surface area (Å²) < 4.78 is 22.8. The van der Waals surface area contributed by atoms with E-state index >= 15 is 0 Å². The molecule has 174 valence electrons. The van der Waals surface area contributed by atoms with Crippen LogP contribution in [0.15, 0.2) is 18.2 Å². The molecule has 1 atom stereocenters. The first kappa shape index (κ1) is 25.4. The summed E-state index contributed by atoms with van der Waals surface area (Å²) in [5, 5.41) is 7.35. The molecule has 0 saturated carbocycles. The molecule has 0 fully saturated rings. The van der Waals surface area contributed by atoms with Crippen molar-refractivity contribution >= 4 is 41.3 Å². The SMILES string of the molecule is CCNC(=O)OC/C=C/c1c(C)nn(C)c1Oc1cc(O[C@@H](C)C(=O)OC)c(Cl)cc1Cl. The molecule has 11 heteroatoms. The van der Waals surface area contributed by atoms with Crippen molar-refractivity contribution in [3.05, 3.63) is 39.5 Å². The van der Waals surface area contributed by atoms with Crippen LogP contribution in [0, 0.1) is 6.92 Å². The standard InChI is InChI=1S/C21H25Cl2N3O6/c1-6-24-21(28)30-9-7-8-14-12(2)25-26(4)19(14)32-18-11-17(15(22)10-16(18)23)31-13(3)20(27)29-5/h7-8,10-11,13H,6,9H2,1-5H3,(H,24,28)/b8-7+/t13-/m0/s1. The first-order valence-electron chi connectivity index (χ1n) is 9.70. The number of amides is 1. The Labute approximate surface area is 196 Å². The maximum Gasteiger partial charge on any atom is 0.407 e. The number of aryl methyl sites for hydroxylation is 2. The highest BCUT2D eigenvalue weighted by atomic mass is 35.5. The average Bonchev–Trinajstić information content (AvgIpc) is 3.00. The molecule has 1 N–H and O–H groups in total. The normalized spacial score (nSPS) is 11.8. The molecule has 0 saturated heterocycles. The second kappa shape index (κ2) is 11.6. The number of alkyl carbamates (subject to hydrolysis) is 1. The van der Waals surface area contributed by atoms with Crippen molar-refractivity contribution in [2.24, 2.45) is 7.05 Å². The van der Waals surface area contributed by atoms with Crippen LogP contribution >= 0.6 is 23.2 Å².